The molecule has 1 unspecified atom stereocenters. The van der Waals surface area contributed by atoms with Crippen LogP contribution in [0.1, 0.15) is 12.8 Å². The molecule has 1 heterocycles. The molecule has 1 rings (SSSR count). The van der Waals surface area contributed by atoms with Crippen LogP contribution in [-0.4, -0.2) is 16.1 Å². The Morgan fingerprint density at radius 3 is 2.57 bits per heavy atom. The molecule has 0 aromatic rings. The van der Waals surface area contributed by atoms with Crippen LogP contribution in [0, 0.1) is 0 Å². The fourth-order valence-electron chi connectivity index (χ4n) is 0.533. The van der Waals surface area contributed by atoms with Crippen LogP contribution in [0.25, 0.3) is 0 Å². The van der Waals surface area contributed by atoms with E-state index in [2.05, 4.69) is 0 Å². The van der Waals surface area contributed by atoms with Gasteiger partial charge in [-0.2, -0.15) is 0 Å². The first-order valence-electron chi connectivity index (χ1n) is 2.41. The van der Waals surface area contributed by atoms with E-state index in [1.54, 1.807) is 10.8 Å². The van der Waals surface area contributed by atoms with Gasteiger partial charge in [-0.25, -0.2) is 0 Å². The summed E-state index contributed by atoms with van der Waals surface area (Å²) in [4.78, 5) is 0. The Labute approximate surface area is 50.4 Å². The third kappa shape index (κ3) is 1.93. The van der Waals surface area contributed by atoms with Gasteiger partial charge >= 0.3 is 0 Å². The van der Waals surface area contributed by atoms with E-state index in [9.17, 15) is 4.55 Å². The van der Waals surface area contributed by atoms with Crippen LogP contribution in [0.2, 0.25) is 0 Å². The van der Waals surface area contributed by atoms with Crippen molar-refractivity contribution in [3.8, 4) is 0 Å². The molecule has 1 nitrogen and oxygen atoms in total. The quantitative estimate of drug-likeness (QED) is 0.368. The topological polar surface area (TPSA) is 23.1 Å². The first-order chi connectivity index (χ1) is 3.39. The summed E-state index contributed by atoms with van der Waals surface area (Å²) in [5.41, 5.74) is 0. The fraction of sp³-hybridized carbons (Fsp3) is 1.00. The lowest BCUT2D eigenvalue weighted by Gasteiger charge is -2.11. The SMILES string of the molecule is [O-][S+]1CCCCS1. The fourth-order valence-corrected chi connectivity index (χ4v) is 3.22. The van der Waals surface area contributed by atoms with Crippen LogP contribution < -0.4 is 0 Å². The van der Waals surface area contributed by atoms with E-state index in [-0.39, 0.29) is 0 Å². The standard InChI is InChI=1S/C4H8OS2/c5-7-4-2-1-3-6-7/h1-4H2. The molecular formula is C4H8OS2. The molecule has 3 heteroatoms. The maximum Gasteiger partial charge on any atom is 0.118 e. The lowest BCUT2D eigenvalue weighted by atomic mass is 10.4. The van der Waals surface area contributed by atoms with Crippen LogP contribution in [0.4, 0.5) is 0 Å². The summed E-state index contributed by atoms with van der Waals surface area (Å²) in [6, 6.07) is 0. The third-order valence-corrected chi connectivity index (χ3v) is 4.05. The maximum absolute atomic E-state index is 10.5. The minimum atomic E-state index is -0.524. The zero-order chi connectivity index (χ0) is 5.11. The monoisotopic (exact) mass is 136 g/mol. The zero-order valence-electron chi connectivity index (χ0n) is 4.05. The molecule has 1 saturated heterocycles. The van der Waals surface area contributed by atoms with Gasteiger partial charge in [0, 0.05) is 16.0 Å². The molecule has 1 aliphatic rings. The van der Waals surface area contributed by atoms with E-state index in [4.69, 9.17) is 0 Å². The molecule has 0 saturated carbocycles. The summed E-state index contributed by atoms with van der Waals surface area (Å²) in [7, 11) is 1.07. The second-order valence-corrected chi connectivity index (χ2v) is 5.02. The highest BCUT2D eigenvalue weighted by molar-refractivity contribution is 8.72. The highest BCUT2D eigenvalue weighted by Crippen LogP contribution is 2.21. The molecule has 7 heavy (non-hydrogen) atoms. The summed E-state index contributed by atoms with van der Waals surface area (Å²) < 4.78 is 10.5. The molecule has 0 aromatic heterocycles. The highest BCUT2D eigenvalue weighted by atomic mass is 33.1. The largest absolute Gasteiger partial charge is 0.605 e. The van der Waals surface area contributed by atoms with Crippen molar-refractivity contribution < 1.29 is 4.55 Å². The molecule has 0 aromatic carbocycles. The number of hydrogen-bond donors (Lipinski definition) is 0. The predicted octanol–water partition coefficient (Wildman–Crippen LogP) is 1.18. The summed E-state index contributed by atoms with van der Waals surface area (Å²) in [6.07, 6.45) is 2.43. The van der Waals surface area contributed by atoms with E-state index in [0.717, 1.165) is 11.5 Å². The molecule has 0 amide bonds. The van der Waals surface area contributed by atoms with Gasteiger partial charge < -0.3 is 4.55 Å². The van der Waals surface area contributed by atoms with Crippen molar-refractivity contribution in [2.45, 2.75) is 12.8 Å². The van der Waals surface area contributed by atoms with Crippen molar-refractivity contribution in [1.29, 1.82) is 0 Å². The van der Waals surface area contributed by atoms with Crippen molar-refractivity contribution in [2.24, 2.45) is 0 Å². The van der Waals surface area contributed by atoms with Crippen LogP contribution >= 0.6 is 10.8 Å². The molecular weight excluding hydrogens is 128 g/mol. The minimum Gasteiger partial charge on any atom is -0.605 e. The Morgan fingerprint density at radius 2 is 2.29 bits per heavy atom. The molecule has 1 atom stereocenters. The number of rotatable bonds is 0. The molecule has 0 spiro atoms. The predicted molar refractivity (Wildman–Crippen MR) is 34.7 cm³/mol. The first kappa shape index (κ1) is 5.79. The molecule has 0 radical (unpaired) electrons. The summed E-state index contributed by atoms with van der Waals surface area (Å²) >= 11 is 0. The lowest BCUT2D eigenvalue weighted by Crippen LogP contribution is -2.07. The molecule has 1 aliphatic heterocycles. The average molecular weight is 136 g/mol. The van der Waals surface area contributed by atoms with Crippen molar-refractivity contribution in [3.05, 3.63) is 0 Å². The van der Waals surface area contributed by atoms with E-state index in [0.29, 0.717) is 0 Å². The van der Waals surface area contributed by atoms with Crippen LogP contribution in [-0.2, 0) is 10.2 Å². The molecule has 0 bridgehead atoms. The maximum atomic E-state index is 10.5. The summed E-state index contributed by atoms with van der Waals surface area (Å²) in [5, 5.41) is 0. The summed E-state index contributed by atoms with van der Waals surface area (Å²) in [5.74, 6) is 2.03. The second-order valence-electron chi connectivity index (χ2n) is 1.54. The van der Waals surface area contributed by atoms with Gasteiger partial charge in [0.2, 0.25) is 0 Å². The Hall–Kier alpha value is 0.660. The van der Waals surface area contributed by atoms with Crippen LogP contribution in [0.5, 0.6) is 0 Å². The number of hydrogen-bond acceptors (Lipinski definition) is 2. The smallest absolute Gasteiger partial charge is 0.118 e. The van der Waals surface area contributed by atoms with Gasteiger partial charge in [-0.15, -0.1) is 0 Å². The third-order valence-electron chi connectivity index (χ3n) is 0.920. The van der Waals surface area contributed by atoms with E-state index < -0.39 is 10.2 Å². The van der Waals surface area contributed by atoms with Gasteiger partial charge in [-0.3, -0.25) is 0 Å². The highest BCUT2D eigenvalue weighted by Gasteiger charge is 2.12. The van der Waals surface area contributed by atoms with E-state index in [1.165, 1.54) is 12.8 Å². The molecule has 0 N–H and O–H groups in total. The second kappa shape index (κ2) is 2.84. The van der Waals surface area contributed by atoms with Crippen molar-refractivity contribution in [1.82, 2.24) is 0 Å². The Kier molecular flexibility index (Phi) is 2.35. The van der Waals surface area contributed by atoms with Gasteiger partial charge in [0.25, 0.3) is 0 Å². The van der Waals surface area contributed by atoms with E-state index >= 15 is 0 Å². The van der Waals surface area contributed by atoms with Gasteiger partial charge in [0.1, 0.15) is 5.75 Å². The Balaban J connectivity index is 2.12. The zero-order valence-corrected chi connectivity index (χ0v) is 5.69. The van der Waals surface area contributed by atoms with Gasteiger partial charge in [0.05, 0.1) is 10.8 Å². The van der Waals surface area contributed by atoms with E-state index in [1.807, 2.05) is 0 Å². The molecule has 42 valence electrons. The van der Waals surface area contributed by atoms with Gasteiger partial charge in [0.15, 0.2) is 0 Å². The Bertz CT molecular complexity index is 51.7. The lowest BCUT2D eigenvalue weighted by molar-refractivity contribution is 0.604. The average Bonchev–Trinajstić information content (AvgIpc) is 1.69. The van der Waals surface area contributed by atoms with Gasteiger partial charge in [-0.1, -0.05) is 0 Å². The first-order valence-corrected chi connectivity index (χ1v) is 5.23. The minimum absolute atomic E-state index is 0.524. The van der Waals surface area contributed by atoms with Crippen molar-refractivity contribution >= 4 is 21.0 Å². The normalized spacial score (nSPS) is 33.0. The van der Waals surface area contributed by atoms with Crippen LogP contribution in [0.15, 0.2) is 0 Å². The molecule has 1 fully saturated rings. The summed E-state index contributed by atoms with van der Waals surface area (Å²) in [6.45, 7) is 0. The van der Waals surface area contributed by atoms with Crippen molar-refractivity contribution in [2.75, 3.05) is 11.5 Å². The Morgan fingerprint density at radius 1 is 1.43 bits per heavy atom. The van der Waals surface area contributed by atoms with Gasteiger partial charge in [-0.05, 0) is 12.8 Å². The van der Waals surface area contributed by atoms with Crippen molar-refractivity contribution in [3.63, 3.8) is 0 Å². The van der Waals surface area contributed by atoms with Crippen LogP contribution in [0.3, 0.4) is 0 Å². The molecule has 0 aliphatic carbocycles.